The van der Waals surface area contributed by atoms with Gasteiger partial charge < -0.3 is 44.6 Å². The highest BCUT2D eigenvalue weighted by molar-refractivity contribution is 5.88. The summed E-state index contributed by atoms with van der Waals surface area (Å²) in [6.07, 6.45) is 4.65. The average Bonchev–Trinajstić information content (AvgIpc) is 3.96. The van der Waals surface area contributed by atoms with Gasteiger partial charge >= 0.3 is 18.3 Å². The van der Waals surface area contributed by atoms with Gasteiger partial charge in [0, 0.05) is 25.8 Å². The molecule has 17 nitrogen and oxygen atoms in total. The molecule has 4 rings (SSSR count). The second-order valence-electron chi connectivity index (χ2n) is 14.1. The van der Waals surface area contributed by atoms with Gasteiger partial charge in [-0.05, 0) is 41.5 Å². The topological polar surface area (TPSA) is 204 Å². The van der Waals surface area contributed by atoms with Gasteiger partial charge in [0.25, 0.3) is 0 Å². The summed E-state index contributed by atoms with van der Waals surface area (Å²) in [5.41, 5.74) is 5.28. The number of ether oxygens (including phenoxy) is 3. The molecule has 4 N–H and O–H groups in total. The molecule has 0 fully saturated rings. The molecule has 17 heteroatoms. The highest BCUT2D eigenvalue weighted by Gasteiger charge is 2.33. The van der Waals surface area contributed by atoms with Gasteiger partial charge in [-0.25, -0.2) is 24.4 Å². The van der Waals surface area contributed by atoms with Crippen molar-refractivity contribution in [3.63, 3.8) is 0 Å². The van der Waals surface area contributed by atoms with E-state index in [2.05, 4.69) is 48.5 Å². The summed E-state index contributed by atoms with van der Waals surface area (Å²) in [7, 11) is 3.71. The van der Waals surface area contributed by atoms with E-state index in [1.807, 2.05) is 76.2 Å². The van der Waals surface area contributed by atoms with Crippen molar-refractivity contribution in [3.8, 4) is 33.6 Å². The Bertz CT molecular complexity index is 2090. The summed E-state index contributed by atoms with van der Waals surface area (Å²) in [5, 5.41) is 5.13. The number of aromatic amines is 2. The molecule has 0 radical (unpaired) electrons. The van der Waals surface area contributed by atoms with E-state index in [4.69, 9.17) is 9.47 Å². The van der Waals surface area contributed by atoms with Crippen molar-refractivity contribution in [1.82, 2.24) is 45.3 Å². The largest absolute Gasteiger partial charge is 0.453 e. The van der Waals surface area contributed by atoms with Gasteiger partial charge in [0.05, 0.1) is 57.7 Å². The molecule has 0 aliphatic rings. The first kappa shape index (κ1) is 45.8. The fourth-order valence-corrected chi connectivity index (χ4v) is 6.39. The van der Waals surface area contributed by atoms with E-state index >= 15 is 0 Å². The number of amides is 5. The number of nitrogens with zero attached hydrogens (tertiary/aromatic N) is 5. The highest BCUT2D eigenvalue weighted by Crippen LogP contribution is 2.28. The minimum atomic E-state index is -1.09. The van der Waals surface area contributed by atoms with Gasteiger partial charge in [-0.1, -0.05) is 82.0 Å². The molecular formula is C43H55N9O8. The molecule has 2 heterocycles. The summed E-state index contributed by atoms with van der Waals surface area (Å²) in [6, 6.07) is 13.8. The maximum atomic E-state index is 13.7. The molecule has 0 spiro atoms. The smallest absolute Gasteiger partial charge is 0.413 e. The number of hydrogen-bond donors (Lipinski definition) is 4. The Morgan fingerprint density at radius 2 is 1.28 bits per heavy atom. The van der Waals surface area contributed by atoms with Crippen molar-refractivity contribution in [3.05, 3.63) is 98.0 Å². The highest BCUT2D eigenvalue weighted by atomic mass is 16.5. The molecule has 0 aliphatic heterocycles. The van der Waals surface area contributed by atoms with Crippen molar-refractivity contribution in [1.29, 1.82) is 0 Å². The van der Waals surface area contributed by atoms with Crippen LogP contribution < -0.4 is 10.6 Å². The summed E-state index contributed by atoms with van der Waals surface area (Å²) in [6.45, 7) is 15.6. The van der Waals surface area contributed by atoms with Crippen molar-refractivity contribution < 1.29 is 38.2 Å². The lowest BCUT2D eigenvalue weighted by Gasteiger charge is -2.33. The summed E-state index contributed by atoms with van der Waals surface area (Å²) in [5.74, 6) is 0.252. The second-order valence-corrected chi connectivity index (χ2v) is 14.1. The molecule has 0 saturated carbocycles. The zero-order valence-corrected chi connectivity index (χ0v) is 35.2. The third-order valence-electron chi connectivity index (χ3n) is 9.80. The first-order valence-corrected chi connectivity index (χ1v) is 19.5. The van der Waals surface area contributed by atoms with Gasteiger partial charge in [-0.3, -0.25) is 14.5 Å². The molecule has 0 unspecified atom stereocenters. The molecule has 5 amide bonds. The van der Waals surface area contributed by atoms with Crippen LogP contribution in [-0.4, -0.2) is 118 Å². The van der Waals surface area contributed by atoms with Crippen LogP contribution in [0.2, 0.25) is 0 Å². The first-order valence-electron chi connectivity index (χ1n) is 19.5. The fourth-order valence-electron chi connectivity index (χ4n) is 6.39. The Balaban J connectivity index is 1.47. The van der Waals surface area contributed by atoms with Crippen LogP contribution in [0.1, 0.15) is 51.8 Å². The lowest BCUT2D eigenvalue weighted by Crippen LogP contribution is -2.52. The maximum Gasteiger partial charge on any atom is 0.413 e. The van der Waals surface area contributed by atoms with Gasteiger partial charge in [-0.15, -0.1) is 6.58 Å². The Morgan fingerprint density at radius 3 is 1.80 bits per heavy atom. The maximum absolute atomic E-state index is 13.7. The predicted molar refractivity (Wildman–Crippen MR) is 226 cm³/mol. The Morgan fingerprint density at radius 1 is 0.733 bits per heavy atom. The summed E-state index contributed by atoms with van der Waals surface area (Å²) in [4.78, 5) is 83.4. The number of H-pyrrole nitrogens is 2. The van der Waals surface area contributed by atoms with Crippen molar-refractivity contribution >= 4 is 30.1 Å². The van der Waals surface area contributed by atoms with Gasteiger partial charge in [-0.2, -0.15) is 0 Å². The zero-order chi connectivity index (χ0) is 43.9. The standard InChI is InChI=1S/C43H55N9O8/c1-10-21-52(40(54)37(27(4)5)49-42(56)59-8)28(6)38-45-25-35(47-38)32-19-15-30(16-20-32)29-13-17-31(18-14-29)34-24-44-36(46-34)26-51(23-22-50(12-3)43(57)60-9)39(53)33(11-2)48-41(55)58-7/h11-20,24-25,27-28,33,37H,2-3,10,21-23,26H2,1,4-9H3,(H,44,46)(H,45,47)(H,48,55)(H,49,56)/t28-,33-,37-/m0/s1. The van der Waals surface area contributed by atoms with Gasteiger partial charge in [0.2, 0.25) is 11.8 Å². The summed E-state index contributed by atoms with van der Waals surface area (Å²) < 4.78 is 14.2. The number of carbonyl (C=O) groups is 5. The number of nitrogens with one attached hydrogen (secondary N) is 4. The Hall–Kier alpha value is -6.91. The Kier molecular flexibility index (Phi) is 16.6. The van der Waals surface area contributed by atoms with Crippen LogP contribution in [0.15, 0.2) is 86.4 Å². The van der Waals surface area contributed by atoms with Gasteiger partial charge in [0.15, 0.2) is 0 Å². The van der Waals surface area contributed by atoms with E-state index in [-0.39, 0.29) is 37.5 Å². The summed E-state index contributed by atoms with van der Waals surface area (Å²) >= 11 is 0. The quantitative estimate of drug-likeness (QED) is 0.0617. The number of hydrogen-bond acceptors (Lipinski definition) is 10. The molecule has 3 atom stereocenters. The predicted octanol–water partition coefficient (Wildman–Crippen LogP) is 6.27. The molecule has 2 aromatic carbocycles. The van der Waals surface area contributed by atoms with E-state index in [1.165, 1.54) is 43.4 Å². The van der Waals surface area contributed by atoms with Gasteiger partial charge in [0.1, 0.15) is 23.7 Å². The number of alkyl carbamates (subject to hydrolysis) is 2. The minimum absolute atomic E-state index is 0.0294. The Labute approximate surface area is 350 Å². The minimum Gasteiger partial charge on any atom is -0.453 e. The zero-order valence-electron chi connectivity index (χ0n) is 35.2. The number of rotatable bonds is 19. The van der Waals surface area contributed by atoms with Crippen LogP contribution in [0.5, 0.6) is 0 Å². The van der Waals surface area contributed by atoms with Crippen molar-refractivity contribution in [2.75, 3.05) is 41.0 Å². The van der Waals surface area contributed by atoms with E-state index in [1.54, 1.807) is 17.3 Å². The lowest BCUT2D eigenvalue weighted by molar-refractivity contribution is -0.137. The third-order valence-corrected chi connectivity index (χ3v) is 9.80. The van der Waals surface area contributed by atoms with Crippen LogP contribution in [0.4, 0.5) is 14.4 Å². The first-order chi connectivity index (χ1) is 28.8. The number of imidazole rings is 2. The van der Waals surface area contributed by atoms with Crippen molar-refractivity contribution in [2.45, 2.75) is 58.8 Å². The van der Waals surface area contributed by atoms with Crippen LogP contribution in [-0.2, 0) is 30.3 Å². The van der Waals surface area contributed by atoms with E-state index < -0.39 is 36.3 Å². The number of methoxy groups -OCH3 is 3. The number of benzene rings is 2. The monoisotopic (exact) mass is 825 g/mol. The van der Waals surface area contributed by atoms with Crippen LogP contribution >= 0.6 is 0 Å². The molecule has 320 valence electrons. The molecule has 0 saturated heterocycles. The van der Waals surface area contributed by atoms with Crippen LogP contribution in [0.25, 0.3) is 33.6 Å². The molecule has 0 bridgehead atoms. The number of aromatic nitrogens is 4. The van der Waals surface area contributed by atoms with E-state index in [0.29, 0.717) is 18.2 Å². The molecular weight excluding hydrogens is 771 g/mol. The normalized spacial score (nSPS) is 12.3. The second kappa shape index (κ2) is 21.7. The lowest BCUT2D eigenvalue weighted by atomic mass is 10.0. The average molecular weight is 826 g/mol. The van der Waals surface area contributed by atoms with Crippen LogP contribution in [0.3, 0.4) is 0 Å². The number of carbonyl (C=O) groups excluding carboxylic acids is 5. The molecule has 0 aliphatic carbocycles. The van der Waals surface area contributed by atoms with Crippen LogP contribution in [0, 0.1) is 5.92 Å². The van der Waals surface area contributed by atoms with Crippen molar-refractivity contribution in [2.24, 2.45) is 5.92 Å². The third kappa shape index (κ3) is 11.6. The van der Waals surface area contributed by atoms with E-state index in [0.717, 1.165) is 40.1 Å². The SMILES string of the molecule is C=C[C@H](NC(=O)OC)C(=O)N(CCN(C=C)C(=O)OC)Cc1ncc(-c2ccc(-c3ccc(-c4cnc([C@H](C)N(CCC)C(=O)[C@@H](NC(=O)OC)C(C)C)[nH]4)cc3)cc2)[nH]1. The van der Waals surface area contributed by atoms with E-state index in [9.17, 15) is 24.0 Å². The molecule has 2 aromatic heterocycles. The molecule has 4 aromatic rings. The fraction of sp³-hybridized carbons (Fsp3) is 0.372. The molecule has 60 heavy (non-hydrogen) atoms.